The predicted molar refractivity (Wildman–Crippen MR) is 153 cm³/mol. The van der Waals surface area contributed by atoms with Crippen LogP contribution in [0.4, 0.5) is 92.2 Å². The number of ketones is 3. The third kappa shape index (κ3) is 14.8. The van der Waals surface area contributed by atoms with Crippen molar-refractivity contribution < 1.29 is 158 Å². The Morgan fingerprint density at radius 3 is 0.534 bits per heavy atom. The van der Waals surface area contributed by atoms with Gasteiger partial charge < -0.3 is 15.3 Å². The first-order valence-corrected chi connectivity index (χ1v) is 14.5. The Hall–Kier alpha value is -2.65. The molecule has 58 heavy (non-hydrogen) atoms. The van der Waals surface area contributed by atoms with Crippen molar-refractivity contribution in [2.75, 3.05) is 0 Å². The van der Waals surface area contributed by atoms with Gasteiger partial charge in [0.15, 0.2) is 0 Å². The van der Waals surface area contributed by atoms with Crippen molar-refractivity contribution in [2.24, 2.45) is 16.2 Å². The number of carbonyl (C=O) groups is 3. The zero-order valence-electron chi connectivity index (χ0n) is 30.8. The van der Waals surface area contributed by atoms with E-state index < -0.39 is 105 Å². The first kappa shape index (κ1) is 62.0. The second kappa shape index (κ2) is 19.0. The van der Waals surface area contributed by atoms with Crippen LogP contribution in [0.25, 0.3) is 0 Å². The fourth-order valence-corrected chi connectivity index (χ4v) is 2.29. The molecule has 0 aromatic carbocycles. The van der Waals surface area contributed by atoms with Crippen LogP contribution < -0.4 is 0 Å². The van der Waals surface area contributed by atoms with Crippen LogP contribution in [0, 0.1) is 51.8 Å². The summed E-state index contributed by atoms with van der Waals surface area (Å²) in [5.74, 6) is -49.1. The van der Waals surface area contributed by atoms with Gasteiger partial charge in [-0.1, -0.05) is 62.3 Å². The molecule has 339 valence electrons. The van der Waals surface area contributed by atoms with Crippen molar-refractivity contribution in [3.05, 3.63) is 35.5 Å². The molecule has 0 heterocycles. The number of carbonyl (C=O) groups excluding carboxylic acids is 3. The fourth-order valence-electron chi connectivity index (χ4n) is 2.29. The van der Waals surface area contributed by atoms with Crippen LogP contribution in [-0.4, -0.2) is 86.7 Å². The van der Waals surface area contributed by atoms with Crippen LogP contribution in [0.3, 0.4) is 0 Å². The maximum atomic E-state index is 12.9. The summed E-state index contributed by atoms with van der Waals surface area (Å²) in [6, 6.07) is 0. The van der Waals surface area contributed by atoms with E-state index in [4.69, 9.17) is 15.3 Å². The Morgan fingerprint density at radius 2 is 0.448 bits per heavy atom. The second-order valence-corrected chi connectivity index (χ2v) is 14.4. The molecule has 0 aromatic rings. The first-order valence-electron chi connectivity index (χ1n) is 14.5. The molecule has 0 aliphatic heterocycles. The van der Waals surface area contributed by atoms with Crippen LogP contribution in [0.1, 0.15) is 62.3 Å². The Morgan fingerprint density at radius 1 is 0.328 bits per heavy atom. The number of allylic oxidation sites excluding steroid dienone is 6. The average Bonchev–Trinajstić information content (AvgIpc) is 2.93. The SMILES string of the molecule is CC(C)(C)/C(O)=C/C(=O)C(F)(F)C(F)(F)C(F)(F)F.CC(C)(C)/C(O)=C/C(=O)C(F)(F)C(F)(F)C(F)(F)F.CC(C)(C)/C(O)=C/C(=O)C(F)(F)C(F)(F)C(F)(F)F.[La]. The van der Waals surface area contributed by atoms with Gasteiger partial charge in [0, 0.05) is 70.1 Å². The van der Waals surface area contributed by atoms with E-state index in [-0.39, 0.29) is 53.8 Å². The molecule has 0 spiro atoms. The second-order valence-electron chi connectivity index (χ2n) is 14.4. The van der Waals surface area contributed by atoms with Crippen molar-refractivity contribution in [3.63, 3.8) is 0 Å². The Kier molecular flexibility index (Phi) is 20.3. The molecule has 0 saturated carbocycles. The van der Waals surface area contributed by atoms with Gasteiger partial charge in [0.2, 0.25) is 17.3 Å². The van der Waals surface area contributed by atoms with Gasteiger partial charge in [-0.05, 0) is 0 Å². The number of hydrogen-bond donors (Lipinski definition) is 3. The molecule has 0 amide bonds. The van der Waals surface area contributed by atoms with Crippen LogP contribution in [0.5, 0.6) is 0 Å². The van der Waals surface area contributed by atoms with Gasteiger partial charge in [0.25, 0.3) is 0 Å². The van der Waals surface area contributed by atoms with Gasteiger partial charge in [-0.15, -0.1) is 0 Å². The summed E-state index contributed by atoms with van der Waals surface area (Å²) in [5.41, 5.74) is -3.75. The normalized spacial score (nSPS) is 15.3. The molecular formula is C30H33F21LaO6. The topological polar surface area (TPSA) is 112 Å². The summed E-state index contributed by atoms with van der Waals surface area (Å²) < 4.78 is 258. The largest absolute Gasteiger partial charge is 0.512 e. The van der Waals surface area contributed by atoms with Crippen LogP contribution >= 0.6 is 0 Å². The molecule has 0 rings (SSSR count). The number of alkyl halides is 21. The van der Waals surface area contributed by atoms with Gasteiger partial charge in [-0.3, -0.25) is 14.4 Å². The van der Waals surface area contributed by atoms with Gasteiger partial charge in [-0.25, -0.2) is 0 Å². The predicted octanol–water partition coefficient (Wildman–Crippen LogP) is 11.6. The third-order valence-electron chi connectivity index (χ3n) is 6.29. The monoisotopic (exact) mass is 1030 g/mol. The standard InChI is InChI=1S/3C10H11F7O2.La/c3*1-7(2,3)5(18)4-6(19)8(11,12)9(13,14)10(15,16)17;/h3*4,18H,1-3H3;/b3*5-4-;. The molecule has 0 fully saturated rings. The fraction of sp³-hybridized carbons (Fsp3) is 0.700. The first-order chi connectivity index (χ1) is 24.1. The maximum absolute atomic E-state index is 12.9. The van der Waals surface area contributed by atoms with Gasteiger partial charge in [-0.2, -0.15) is 92.2 Å². The molecule has 0 saturated heterocycles. The van der Waals surface area contributed by atoms with Crippen molar-refractivity contribution in [1.29, 1.82) is 0 Å². The summed E-state index contributed by atoms with van der Waals surface area (Å²) in [6.07, 6.45) is -20.7. The molecule has 3 N–H and O–H groups in total. The van der Waals surface area contributed by atoms with E-state index in [2.05, 4.69) is 0 Å². The molecule has 0 bridgehead atoms. The van der Waals surface area contributed by atoms with E-state index in [1.807, 2.05) is 0 Å². The molecule has 1 radical (unpaired) electrons. The van der Waals surface area contributed by atoms with E-state index in [1.54, 1.807) is 0 Å². The number of rotatable bonds is 9. The zero-order chi connectivity index (χ0) is 47.6. The van der Waals surface area contributed by atoms with Crippen molar-refractivity contribution in [1.82, 2.24) is 0 Å². The Bertz CT molecular complexity index is 1350. The Labute approximate surface area is 342 Å². The zero-order valence-corrected chi connectivity index (χ0v) is 34.4. The number of hydrogen-bond acceptors (Lipinski definition) is 6. The number of halogens is 21. The summed E-state index contributed by atoms with van der Waals surface area (Å²) in [4.78, 5) is 32.5. The minimum atomic E-state index is -6.59. The summed E-state index contributed by atoms with van der Waals surface area (Å²) in [5, 5.41) is 27.5. The molecule has 0 atom stereocenters. The maximum Gasteiger partial charge on any atom is 0.460 e. The van der Waals surface area contributed by atoms with E-state index in [0.717, 1.165) is 0 Å². The van der Waals surface area contributed by atoms with Gasteiger partial charge >= 0.3 is 54.1 Å². The summed E-state index contributed by atoms with van der Waals surface area (Å²) in [6.45, 7) is 11.2. The minimum absolute atomic E-state index is 0. The van der Waals surface area contributed by atoms with E-state index in [1.165, 1.54) is 62.3 Å². The van der Waals surface area contributed by atoms with Crippen LogP contribution in [0.2, 0.25) is 0 Å². The average molecular weight is 1030 g/mol. The molecule has 6 nitrogen and oxygen atoms in total. The van der Waals surface area contributed by atoms with E-state index in [9.17, 15) is 107 Å². The van der Waals surface area contributed by atoms with Crippen LogP contribution in [0.15, 0.2) is 35.5 Å². The van der Waals surface area contributed by atoms with Crippen molar-refractivity contribution >= 4 is 17.3 Å². The van der Waals surface area contributed by atoms with Crippen LogP contribution in [-0.2, 0) is 14.4 Å². The van der Waals surface area contributed by atoms with E-state index in [0.29, 0.717) is 0 Å². The van der Waals surface area contributed by atoms with Crippen molar-refractivity contribution in [2.45, 2.75) is 116 Å². The molecule has 0 aliphatic rings. The number of aliphatic hydroxyl groups excluding tert-OH is 3. The number of aliphatic hydroxyl groups is 3. The quantitative estimate of drug-likeness (QED) is 0.121. The molecule has 28 heteroatoms. The van der Waals surface area contributed by atoms with Crippen molar-refractivity contribution in [3.8, 4) is 0 Å². The van der Waals surface area contributed by atoms with Gasteiger partial charge in [0.05, 0.1) is 0 Å². The molecule has 0 unspecified atom stereocenters. The molecule has 0 aromatic heterocycles. The van der Waals surface area contributed by atoms with Gasteiger partial charge in [0.1, 0.15) is 17.3 Å². The summed E-state index contributed by atoms with van der Waals surface area (Å²) >= 11 is 0. The Balaban J connectivity index is -0.000000374. The molecular weight excluding hydrogens is 994 g/mol. The smallest absolute Gasteiger partial charge is 0.460 e. The third-order valence-corrected chi connectivity index (χ3v) is 6.29. The molecule has 0 aliphatic carbocycles. The minimum Gasteiger partial charge on any atom is -0.512 e. The van der Waals surface area contributed by atoms with E-state index >= 15 is 0 Å². The summed E-state index contributed by atoms with van der Waals surface area (Å²) in [7, 11) is 0.